The number of nitrogens with one attached hydrogen (secondary N) is 1. The SMILES string of the molecule is Cc1cc(NC(=O)CN2CCOC2=O)cnc1N1CCCCC1C. The van der Waals surface area contributed by atoms with Crippen LogP contribution in [0.1, 0.15) is 31.7 Å². The first-order valence-corrected chi connectivity index (χ1v) is 8.49. The van der Waals surface area contributed by atoms with E-state index in [4.69, 9.17) is 4.74 Å². The van der Waals surface area contributed by atoms with Crippen molar-refractivity contribution >= 4 is 23.5 Å². The monoisotopic (exact) mass is 332 g/mol. The standard InChI is InChI=1S/C17H24N4O3/c1-12-9-14(19-15(22)11-20-7-8-24-17(20)23)10-18-16(12)21-6-4-3-5-13(21)2/h9-10,13H,3-8,11H2,1-2H3,(H,19,22). The van der Waals surface area contributed by atoms with Gasteiger partial charge < -0.3 is 15.0 Å². The van der Waals surface area contributed by atoms with E-state index in [2.05, 4.69) is 22.1 Å². The highest BCUT2D eigenvalue weighted by Gasteiger charge is 2.24. The minimum Gasteiger partial charge on any atom is -0.448 e. The predicted octanol–water partition coefficient (Wildman–Crippen LogP) is 2.16. The van der Waals surface area contributed by atoms with Crippen LogP contribution >= 0.6 is 0 Å². The summed E-state index contributed by atoms with van der Waals surface area (Å²) < 4.78 is 4.82. The molecule has 2 aliphatic heterocycles. The van der Waals surface area contributed by atoms with Crippen molar-refractivity contribution < 1.29 is 14.3 Å². The van der Waals surface area contributed by atoms with Gasteiger partial charge in [-0.2, -0.15) is 0 Å². The number of rotatable bonds is 4. The van der Waals surface area contributed by atoms with Crippen LogP contribution in [0, 0.1) is 6.92 Å². The number of carbonyl (C=O) groups is 2. The van der Waals surface area contributed by atoms with E-state index in [1.807, 2.05) is 13.0 Å². The number of cyclic esters (lactones) is 1. The fourth-order valence-corrected chi connectivity index (χ4v) is 3.29. The highest BCUT2D eigenvalue weighted by Crippen LogP contribution is 2.27. The first-order valence-electron chi connectivity index (χ1n) is 8.49. The van der Waals surface area contributed by atoms with E-state index in [0.717, 1.165) is 17.9 Å². The van der Waals surface area contributed by atoms with Crippen molar-refractivity contribution in [2.45, 2.75) is 39.2 Å². The number of amides is 2. The molecular formula is C17H24N4O3. The first kappa shape index (κ1) is 16.5. The lowest BCUT2D eigenvalue weighted by Gasteiger charge is -2.35. The topological polar surface area (TPSA) is 74.8 Å². The Kier molecular flexibility index (Phi) is 4.87. The van der Waals surface area contributed by atoms with Gasteiger partial charge >= 0.3 is 6.09 Å². The number of anilines is 2. The first-order chi connectivity index (χ1) is 11.5. The molecule has 1 atom stereocenters. The molecule has 2 aliphatic rings. The zero-order valence-electron chi connectivity index (χ0n) is 14.2. The molecule has 0 aliphatic carbocycles. The largest absolute Gasteiger partial charge is 0.448 e. The molecule has 0 aromatic carbocycles. The van der Waals surface area contributed by atoms with Crippen molar-refractivity contribution in [3.05, 3.63) is 17.8 Å². The molecule has 2 amide bonds. The van der Waals surface area contributed by atoms with E-state index >= 15 is 0 Å². The smallest absolute Gasteiger partial charge is 0.410 e. The third-order valence-corrected chi connectivity index (χ3v) is 4.59. The highest BCUT2D eigenvalue weighted by atomic mass is 16.6. The Labute approximate surface area is 142 Å². The number of carbonyl (C=O) groups excluding carboxylic acids is 2. The molecule has 0 bridgehead atoms. The van der Waals surface area contributed by atoms with Crippen LogP contribution in [0.2, 0.25) is 0 Å². The molecule has 1 aromatic heterocycles. The van der Waals surface area contributed by atoms with Crippen molar-refractivity contribution in [1.82, 2.24) is 9.88 Å². The number of ether oxygens (including phenoxy) is 1. The lowest BCUT2D eigenvalue weighted by atomic mass is 10.0. The fourth-order valence-electron chi connectivity index (χ4n) is 3.29. The molecule has 24 heavy (non-hydrogen) atoms. The summed E-state index contributed by atoms with van der Waals surface area (Å²) >= 11 is 0. The van der Waals surface area contributed by atoms with Crippen LogP contribution in [0.5, 0.6) is 0 Å². The van der Waals surface area contributed by atoms with Gasteiger partial charge in [0.2, 0.25) is 5.91 Å². The molecule has 1 N–H and O–H groups in total. The van der Waals surface area contributed by atoms with Gasteiger partial charge in [-0.25, -0.2) is 9.78 Å². The van der Waals surface area contributed by atoms with Gasteiger partial charge in [0.15, 0.2) is 0 Å². The van der Waals surface area contributed by atoms with Gasteiger partial charge in [-0.15, -0.1) is 0 Å². The van der Waals surface area contributed by atoms with Crippen LogP contribution in [0.4, 0.5) is 16.3 Å². The summed E-state index contributed by atoms with van der Waals surface area (Å²) in [7, 11) is 0. The lowest BCUT2D eigenvalue weighted by molar-refractivity contribution is -0.116. The zero-order chi connectivity index (χ0) is 17.1. The normalized spacial score (nSPS) is 20.9. The van der Waals surface area contributed by atoms with Gasteiger partial charge in [-0.3, -0.25) is 9.69 Å². The predicted molar refractivity (Wildman–Crippen MR) is 91.2 cm³/mol. The van der Waals surface area contributed by atoms with E-state index < -0.39 is 6.09 Å². The van der Waals surface area contributed by atoms with Crippen LogP contribution in [0.25, 0.3) is 0 Å². The Morgan fingerprint density at radius 3 is 2.92 bits per heavy atom. The van der Waals surface area contributed by atoms with Gasteiger partial charge in [0.05, 0.1) is 18.4 Å². The molecule has 7 nitrogen and oxygen atoms in total. The second-order valence-electron chi connectivity index (χ2n) is 6.49. The van der Waals surface area contributed by atoms with Crippen molar-refractivity contribution in [1.29, 1.82) is 0 Å². The Hall–Kier alpha value is -2.31. The summed E-state index contributed by atoms with van der Waals surface area (Å²) in [5.74, 6) is 0.748. The molecule has 3 rings (SSSR count). The fraction of sp³-hybridized carbons (Fsp3) is 0.588. The highest BCUT2D eigenvalue weighted by molar-refractivity contribution is 5.94. The Balaban J connectivity index is 1.63. The Morgan fingerprint density at radius 2 is 2.25 bits per heavy atom. The van der Waals surface area contributed by atoms with E-state index in [-0.39, 0.29) is 12.5 Å². The van der Waals surface area contributed by atoms with Crippen LogP contribution in [0.15, 0.2) is 12.3 Å². The molecule has 1 aromatic rings. The maximum Gasteiger partial charge on any atom is 0.410 e. The maximum atomic E-state index is 12.1. The summed E-state index contributed by atoms with van der Waals surface area (Å²) in [4.78, 5) is 31.7. The van der Waals surface area contributed by atoms with Crippen LogP contribution < -0.4 is 10.2 Å². The van der Waals surface area contributed by atoms with Crippen LogP contribution in [0.3, 0.4) is 0 Å². The quantitative estimate of drug-likeness (QED) is 0.914. The van der Waals surface area contributed by atoms with E-state index in [1.54, 1.807) is 6.20 Å². The average molecular weight is 332 g/mol. The van der Waals surface area contributed by atoms with Gasteiger partial charge in [-0.1, -0.05) is 0 Å². The summed E-state index contributed by atoms with van der Waals surface area (Å²) in [5, 5.41) is 2.80. The van der Waals surface area contributed by atoms with E-state index in [1.165, 1.54) is 24.2 Å². The lowest BCUT2D eigenvalue weighted by Crippen LogP contribution is -2.38. The second-order valence-corrected chi connectivity index (χ2v) is 6.49. The molecule has 2 saturated heterocycles. The molecule has 1 unspecified atom stereocenters. The van der Waals surface area contributed by atoms with E-state index in [9.17, 15) is 9.59 Å². The average Bonchev–Trinajstić information content (AvgIpc) is 2.93. The molecule has 0 spiro atoms. The summed E-state index contributed by atoms with van der Waals surface area (Å²) in [6, 6.07) is 2.43. The number of aryl methyl sites for hydroxylation is 1. The number of pyridine rings is 1. The summed E-state index contributed by atoms with van der Waals surface area (Å²) in [6.07, 6.45) is 4.89. The summed E-state index contributed by atoms with van der Waals surface area (Å²) in [6.45, 7) is 6.06. The van der Waals surface area contributed by atoms with Gasteiger partial charge in [0.25, 0.3) is 0 Å². The third kappa shape index (κ3) is 3.60. The number of hydrogen-bond acceptors (Lipinski definition) is 5. The molecule has 130 valence electrons. The molecule has 0 radical (unpaired) electrons. The van der Waals surface area contributed by atoms with Gasteiger partial charge in [0.1, 0.15) is 19.0 Å². The molecule has 3 heterocycles. The maximum absolute atomic E-state index is 12.1. The van der Waals surface area contributed by atoms with Crippen molar-refractivity contribution in [2.75, 3.05) is 36.5 Å². The number of aromatic nitrogens is 1. The van der Waals surface area contributed by atoms with Crippen LogP contribution in [-0.2, 0) is 9.53 Å². The van der Waals surface area contributed by atoms with Crippen molar-refractivity contribution in [2.24, 2.45) is 0 Å². The number of hydrogen-bond donors (Lipinski definition) is 1. The van der Waals surface area contributed by atoms with Gasteiger partial charge in [-0.05, 0) is 44.7 Å². The minimum absolute atomic E-state index is 0.00277. The van der Waals surface area contributed by atoms with Crippen molar-refractivity contribution in [3.63, 3.8) is 0 Å². The molecular weight excluding hydrogens is 308 g/mol. The van der Waals surface area contributed by atoms with E-state index in [0.29, 0.717) is 24.9 Å². The second kappa shape index (κ2) is 7.07. The Bertz CT molecular complexity index is 634. The third-order valence-electron chi connectivity index (χ3n) is 4.59. The van der Waals surface area contributed by atoms with Gasteiger partial charge in [0, 0.05) is 12.6 Å². The minimum atomic E-state index is -0.436. The van der Waals surface area contributed by atoms with Crippen molar-refractivity contribution in [3.8, 4) is 0 Å². The molecule has 0 saturated carbocycles. The summed E-state index contributed by atoms with van der Waals surface area (Å²) in [5.41, 5.74) is 1.70. The zero-order valence-corrected chi connectivity index (χ0v) is 14.2. The number of piperidine rings is 1. The molecule has 7 heteroatoms. The van der Waals surface area contributed by atoms with Crippen LogP contribution in [-0.4, -0.2) is 54.2 Å². The Morgan fingerprint density at radius 1 is 1.42 bits per heavy atom. The number of nitrogens with zero attached hydrogens (tertiary/aromatic N) is 3. The molecule has 2 fully saturated rings.